The molecule has 4 rings (SSSR count). The van der Waals surface area contributed by atoms with E-state index in [0.717, 1.165) is 23.3 Å². The lowest BCUT2D eigenvalue weighted by Gasteiger charge is -2.11. The van der Waals surface area contributed by atoms with Crippen LogP contribution in [0.4, 0.5) is 13.2 Å². The summed E-state index contributed by atoms with van der Waals surface area (Å²) >= 11 is 0. The van der Waals surface area contributed by atoms with Gasteiger partial charge in [-0.15, -0.1) is 0 Å². The van der Waals surface area contributed by atoms with Gasteiger partial charge >= 0.3 is 6.18 Å². The van der Waals surface area contributed by atoms with Gasteiger partial charge in [0.25, 0.3) is 5.91 Å². The average Bonchev–Trinajstić information content (AvgIpc) is 3.05. The predicted octanol–water partition coefficient (Wildman–Crippen LogP) is 4.54. The highest BCUT2D eigenvalue weighted by Gasteiger charge is 2.30. The number of nitrogens with one attached hydrogen (secondary N) is 1. The summed E-state index contributed by atoms with van der Waals surface area (Å²) in [5.41, 5.74) is 2.49. The van der Waals surface area contributed by atoms with E-state index in [2.05, 4.69) is 5.32 Å². The highest BCUT2D eigenvalue weighted by atomic mass is 19.4. The third kappa shape index (κ3) is 3.81. The molecule has 0 saturated heterocycles. The molecule has 4 nitrogen and oxygen atoms in total. The number of ketones is 1. The minimum Gasteiger partial charge on any atom is -0.350 e. The van der Waals surface area contributed by atoms with Crippen LogP contribution >= 0.6 is 0 Å². The SMILES string of the molecule is O=C1CCNC(=O)c2c1ccn2Cc1ccc(-c2ccc(C(F)(F)F)cc2)cc1. The van der Waals surface area contributed by atoms with Crippen LogP contribution in [-0.4, -0.2) is 22.8 Å². The van der Waals surface area contributed by atoms with Crippen LogP contribution in [0, 0.1) is 0 Å². The molecular weight excluding hydrogens is 381 g/mol. The first-order valence-corrected chi connectivity index (χ1v) is 9.10. The van der Waals surface area contributed by atoms with E-state index in [1.807, 2.05) is 24.3 Å². The Balaban J connectivity index is 1.55. The molecule has 0 fully saturated rings. The number of carbonyl (C=O) groups is 2. The van der Waals surface area contributed by atoms with Gasteiger partial charge in [-0.05, 0) is 34.9 Å². The first-order chi connectivity index (χ1) is 13.8. The molecule has 29 heavy (non-hydrogen) atoms. The molecule has 2 heterocycles. The fourth-order valence-electron chi connectivity index (χ4n) is 3.44. The fraction of sp³-hybridized carbons (Fsp3) is 0.182. The van der Waals surface area contributed by atoms with Crippen molar-refractivity contribution < 1.29 is 22.8 Å². The maximum Gasteiger partial charge on any atom is 0.416 e. The van der Waals surface area contributed by atoms with Crippen molar-refractivity contribution in [2.45, 2.75) is 19.1 Å². The summed E-state index contributed by atoms with van der Waals surface area (Å²) in [5.74, 6) is -0.327. The lowest BCUT2D eigenvalue weighted by atomic mass is 10.0. The molecule has 0 bridgehead atoms. The Hall–Kier alpha value is -3.35. The monoisotopic (exact) mass is 398 g/mol. The van der Waals surface area contributed by atoms with E-state index in [0.29, 0.717) is 29.9 Å². The number of hydrogen-bond acceptors (Lipinski definition) is 2. The lowest BCUT2D eigenvalue weighted by Crippen LogP contribution is -2.25. The third-order valence-electron chi connectivity index (χ3n) is 4.97. The van der Waals surface area contributed by atoms with Crippen LogP contribution in [0.1, 0.15) is 38.4 Å². The Kier molecular flexibility index (Phi) is 4.74. The van der Waals surface area contributed by atoms with Gasteiger partial charge in [-0.3, -0.25) is 9.59 Å². The Bertz CT molecular complexity index is 1060. The quantitative estimate of drug-likeness (QED) is 0.704. The summed E-state index contributed by atoms with van der Waals surface area (Å²) in [4.78, 5) is 24.4. The zero-order valence-electron chi connectivity index (χ0n) is 15.3. The molecular formula is C22H17F3N2O2. The number of aromatic nitrogens is 1. The van der Waals surface area contributed by atoms with Crippen LogP contribution in [0.25, 0.3) is 11.1 Å². The van der Waals surface area contributed by atoms with E-state index in [-0.39, 0.29) is 18.1 Å². The van der Waals surface area contributed by atoms with Gasteiger partial charge in [-0.2, -0.15) is 13.2 Å². The second-order valence-electron chi connectivity index (χ2n) is 6.91. The molecule has 1 aliphatic rings. The average molecular weight is 398 g/mol. The van der Waals surface area contributed by atoms with Crippen LogP contribution in [0.2, 0.25) is 0 Å². The number of Topliss-reactive ketones (excluding diaryl/α,β-unsaturated/α-hetero) is 1. The lowest BCUT2D eigenvalue weighted by molar-refractivity contribution is -0.137. The number of carbonyl (C=O) groups excluding carboxylic acids is 2. The van der Waals surface area contributed by atoms with Gasteiger partial charge in [0.05, 0.1) is 5.56 Å². The van der Waals surface area contributed by atoms with Crippen LogP contribution in [-0.2, 0) is 12.7 Å². The van der Waals surface area contributed by atoms with Crippen molar-refractivity contribution in [3.05, 3.63) is 83.2 Å². The molecule has 1 aromatic heterocycles. The number of rotatable bonds is 3. The predicted molar refractivity (Wildman–Crippen MR) is 102 cm³/mol. The van der Waals surface area contributed by atoms with E-state index in [1.165, 1.54) is 12.1 Å². The van der Waals surface area contributed by atoms with Gasteiger partial charge in [0.1, 0.15) is 5.69 Å². The van der Waals surface area contributed by atoms with E-state index in [9.17, 15) is 22.8 Å². The van der Waals surface area contributed by atoms with Gasteiger partial charge in [-0.1, -0.05) is 36.4 Å². The molecule has 2 aromatic carbocycles. The van der Waals surface area contributed by atoms with Crippen LogP contribution < -0.4 is 5.32 Å². The van der Waals surface area contributed by atoms with E-state index in [1.54, 1.807) is 16.8 Å². The zero-order chi connectivity index (χ0) is 20.6. The summed E-state index contributed by atoms with van der Waals surface area (Å²) in [5, 5.41) is 2.73. The molecule has 0 unspecified atom stereocenters. The highest BCUT2D eigenvalue weighted by Crippen LogP contribution is 2.31. The smallest absolute Gasteiger partial charge is 0.350 e. The summed E-state index contributed by atoms with van der Waals surface area (Å²) in [6.45, 7) is 0.734. The van der Waals surface area contributed by atoms with Crippen LogP contribution in [0.15, 0.2) is 60.8 Å². The fourth-order valence-corrected chi connectivity index (χ4v) is 3.44. The number of fused-ring (bicyclic) bond motifs is 1. The van der Waals surface area contributed by atoms with Crippen molar-refractivity contribution in [3.63, 3.8) is 0 Å². The van der Waals surface area contributed by atoms with E-state index in [4.69, 9.17) is 0 Å². The van der Waals surface area contributed by atoms with E-state index >= 15 is 0 Å². The summed E-state index contributed by atoms with van der Waals surface area (Å²) in [6, 6.07) is 14.0. The van der Waals surface area contributed by atoms with Crippen molar-refractivity contribution in [2.75, 3.05) is 6.54 Å². The molecule has 0 radical (unpaired) electrons. The standard InChI is InChI=1S/C22H17F3N2O2/c23-22(24,25)17-7-5-16(6-8-17)15-3-1-14(2-4-15)13-27-12-10-18-19(28)9-11-26-21(29)20(18)27/h1-8,10,12H,9,11,13H2,(H,26,29). The Labute approximate surface area is 165 Å². The summed E-state index contributed by atoms with van der Waals surface area (Å²) in [7, 11) is 0. The van der Waals surface area contributed by atoms with Crippen molar-refractivity contribution in [2.24, 2.45) is 0 Å². The van der Waals surface area contributed by atoms with Gasteiger partial charge < -0.3 is 9.88 Å². The molecule has 0 atom stereocenters. The number of nitrogens with zero attached hydrogens (tertiary/aromatic N) is 1. The number of alkyl halides is 3. The maximum absolute atomic E-state index is 12.7. The number of benzene rings is 2. The number of hydrogen-bond donors (Lipinski definition) is 1. The normalized spacial score (nSPS) is 14.3. The Morgan fingerprint density at radius 1 is 0.897 bits per heavy atom. The summed E-state index contributed by atoms with van der Waals surface area (Å²) in [6.07, 6.45) is -2.35. The van der Waals surface area contributed by atoms with Gasteiger partial charge in [0.2, 0.25) is 0 Å². The zero-order valence-corrected chi connectivity index (χ0v) is 15.3. The molecule has 0 aliphatic carbocycles. The largest absolute Gasteiger partial charge is 0.416 e. The van der Waals surface area contributed by atoms with Gasteiger partial charge in [0.15, 0.2) is 5.78 Å². The van der Waals surface area contributed by atoms with Crippen molar-refractivity contribution in [1.29, 1.82) is 0 Å². The molecule has 148 valence electrons. The van der Waals surface area contributed by atoms with Crippen molar-refractivity contribution in [1.82, 2.24) is 9.88 Å². The summed E-state index contributed by atoms with van der Waals surface area (Å²) < 4.78 is 39.8. The third-order valence-corrected chi connectivity index (χ3v) is 4.97. The Morgan fingerprint density at radius 3 is 2.14 bits per heavy atom. The van der Waals surface area contributed by atoms with E-state index < -0.39 is 11.7 Å². The minimum absolute atomic E-state index is 0.0604. The highest BCUT2D eigenvalue weighted by molar-refractivity contribution is 6.09. The number of halogens is 3. The minimum atomic E-state index is -4.36. The Morgan fingerprint density at radius 2 is 1.52 bits per heavy atom. The molecule has 3 aromatic rings. The van der Waals surface area contributed by atoms with Crippen molar-refractivity contribution in [3.8, 4) is 11.1 Å². The molecule has 0 spiro atoms. The van der Waals surface area contributed by atoms with Gasteiger partial charge in [-0.25, -0.2) is 0 Å². The second kappa shape index (κ2) is 7.24. The molecule has 1 N–H and O–H groups in total. The first kappa shape index (κ1) is 19.0. The molecule has 7 heteroatoms. The second-order valence-corrected chi connectivity index (χ2v) is 6.91. The van der Waals surface area contributed by atoms with Crippen molar-refractivity contribution >= 4 is 11.7 Å². The molecule has 0 saturated carbocycles. The topological polar surface area (TPSA) is 51.1 Å². The van der Waals surface area contributed by atoms with Crippen LogP contribution in [0.5, 0.6) is 0 Å². The maximum atomic E-state index is 12.7. The molecule has 1 amide bonds. The van der Waals surface area contributed by atoms with Crippen LogP contribution in [0.3, 0.4) is 0 Å². The van der Waals surface area contributed by atoms with Gasteiger partial charge in [0, 0.05) is 31.3 Å². The first-order valence-electron chi connectivity index (χ1n) is 9.10. The molecule has 1 aliphatic heterocycles. The number of amides is 1.